The van der Waals surface area contributed by atoms with Crippen molar-refractivity contribution < 1.29 is 52.4 Å². The van der Waals surface area contributed by atoms with Crippen LogP contribution in [0, 0.1) is 22.7 Å². The van der Waals surface area contributed by atoms with Crippen molar-refractivity contribution in [1.82, 2.24) is 0 Å². The summed E-state index contributed by atoms with van der Waals surface area (Å²) in [5.41, 5.74) is 19.9. The second-order valence-electron chi connectivity index (χ2n) is 32.7. The summed E-state index contributed by atoms with van der Waals surface area (Å²) in [5.74, 6) is 2.82. The number of carbonyl (C=O) groups is 3. The van der Waals surface area contributed by atoms with Crippen molar-refractivity contribution in [1.29, 1.82) is 10.5 Å². The number of hydrogen-bond acceptors (Lipinski definition) is 15. The van der Waals surface area contributed by atoms with E-state index in [9.17, 15) is 24.8 Å². The zero-order valence-electron chi connectivity index (χ0n) is 75.7. The minimum atomic E-state index is -1.26. The Hall–Kier alpha value is -14.8. The first kappa shape index (κ1) is 94.4. The van der Waals surface area contributed by atoms with Crippen molar-refractivity contribution in [3.8, 4) is 122 Å². The zero-order valence-corrected chi connectivity index (χ0v) is 77.3. The molecular formula is C116H110N4O11S2. The first-order valence-corrected chi connectivity index (χ1v) is 47.7. The number of carboxylic acid groups (broad SMARTS) is 2. The third-order valence-corrected chi connectivity index (χ3v) is 25.3. The quantitative estimate of drug-likeness (QED) is 0.0158. The maximum Gasteiger partial charge on any atom is 0.346 e. The summed E-state index contributed by atoms with van der Waals surface area (Å²) in [5, 5.41) is 35.7. The van der Waals surface area contributed by atoms with E-state index in [2.05, 4.69) is 304 Å². The van der Waals surface area contributed by atoms with Gasteiger partial charge in [0.15, 0.2) is 0 Å². The molecule has 16 aromatic rings. The molecule has 12 aromatic carbocycles. The van der Waals surface area contributed by atoms with E-state index < -0.39 is 18.4 Å². The van der Waals surface area contributed by atoms with Gasteiger partial charge in [0.2, 0.25) is 0 Å². The van der Waals surface area contributed by atoms with E-state index in [4.69, 9.17) is 38.2 Å². The maximum atomic E-state index is 11.4. The van der Waals surface area contributed by atoms with Crippen LogP contribution in [0.1, 0.15) is 153 Å². The first-order chi connectivity index (χ1) is 65.2. The third-order valence-electron chi connectivity index (χ3n) is 23.0. The van der Waals surface area contributed by atoms with Gasteiger partial charge in [-0.3, -0.25) is 9.59 Å². The van der Waals surface area contributed by atoms with Crippen LogP contribution in [0.3, 0.4) is 0 Å². The Morgan fingerprint density at radius 1 is 0.331 bits per heavy atom. The molecule has 0 spiro atoms. The van der Waals surface area contributed by atoms with Crippen LogP contribution in [0.15, 0.2) is 330 Å². The number of carboxylic acids is 2. The molecule has 0 fully saturated rings. The molecule has 0 aliphatic rings. The molecule has 17 heteroatoms. The van der Waals surface area contributed by atoms with Gasteiger partial charge in [-0.05, 0) is 263 Å². The number of anilines is 6. The van der Waals surface area contributed by atoms with Gasteiger partial charge in [-0.25, -0.2) is 4.79 Å². The van der Waals surface area contributed by atoms with E-state index >= 15 is 0 Å². The van der Waals surface area contributed by atoms with E-state index in [1.54, 1.807) is 46.9 Å². The molecule has 0 radical (unpaired) electrons. The van der Waals surface area contributed by atoms with Gasteiger partial charge in [0.1, 0.15) is 70.0 Å². The highest BCUT2D eigenvalue weighted by molar-refractivity contribution is 7.19. The van der Waals surface area contributed by atoms with Crippen LogP contribution < -0.4 is 28.7 Å². The van der Waals surface area contributed by atoms with E-state index in [-0.39, 0.29) is 5.57 Å². The van der Waals surface area contributed by atoms with Gasteiger partial charge in [0.05, 0.1) is 42.3 Å². The number of nitrogens with zero attached hydrogens (tertiary/aromatic N) is 4. The summed E-state index contributed by atoms with van der Waals surface area (Å²) in [6.45, 7) is 11.9. The highest BCUT2D eigenvalue weighted by Crippen LogP contribution is 2.45. The second-order valence-corrected chi connectivity index (χ2v) is 34.8. The van der Waals surface area contributed by atoms with Crippen LogP contribution in [0.4, 0.5) is 34.1 Å². The molecular weight excluding hydrogens is 1690 g/mol. The van der Waals surface area contributed by atoms with Crippen molar-refractivity contribution in [2.24, 2.45) is 0 Å². The molecule has 0 saturated heterocycles. The minimum absolute atomic E-state index is 0.332. The normalized spacial score (nSPS) is 11.1. The fourth-order valence-electron chi connectivity index (χ4n) is 15.6. The Balaban J connectivity index is 0.000000202. The van der Waals surface area contributed by atoms with Crippen LogP contribution in [0.5, 0.6) is 23.0 Å². The SMILES string of the molecule is CCCCCCOc1ccc(-c2ccc(N(c3ccc(-c4ccc(OCCCCCC)cc4)cc3)c3ccc(-c4ccc(-c5cc6ccc(/C=C(/C#N)C(=O)O)cc6o5)s4)cc3)cc2)cc1.CCCCCCOc1ccc(-c2ccc(N(c3ccc(-c4ccc(OCCCCCC)cc4)cc3)c3ccc(-c4ccc(-c5cc6ccc(C=O)cc6o5)s4)cc3)cc2)cc1.N#CCC(=O)O. The topological polar surface area (TPSA) is 209 Å². The molecule has 0 amide bonds. The van der Waals surface area contributed by atoms with E-state index in [1.165, 1.54) is 89.2 Å². The number of furan rings is 2. The number of thiophene rings is 2. The van der Waals surface area contributed by atoms with Crippen LogP contribution in [0.2, 0.25) is 0 Å². The molecule has 2 N–H and O–H groups in total. The Morgan fingerprint density at radius 2 is 0.602 bits per heavy atom. The lowest BCUT2D eigenvalue weighted by atomic mass is 10.0. The van der Waals surface area contributed by atoms with E-state index in [0.29, 0.717) is 22.3 Å². The molecule has 0 bridgehead atoms. The number of ether oxygens (including phenoxy) is 4. The lowest BCUT2D eigenvalue weighted by molar-refractivity contribution is -0.136. The molecule has 15 nitrogen and oxygen atoms in total. The number of nitriles is 2. The van der Waals surface area contributed by atoms with Gasteiger partial charge in [-0.1, -0.05) is 250 Å². The molecule has 4 heterocycles. The Bertz CT molecular complexity index is 6340. The zero-order chi connectivity index (χ0) is 92.5. The molecule has 16 rings (SSSR count). The van der Waals surface area contributed by atoms with Crippen LogP contribution in [0.25, 0.3) is 115 Å². The number of aldehydes is 1. The summed E-state index contributed by atoms with van der Waals surface area (Å²) in [6.07, 6.45) is 20.8. The summed E-state index contributed by atoms with van der Waals surface area (Å²) in [4.78, 5) is 40.9. The fourth-order valence-corrected chi connectivity index (χ4v) is 17.6. The smallest absolute Gasteiger partial charge is 0.346 e. The number of unbranched alkanes of at least 4 members (excludes halogenated alkanes) is 12. The highest BCUT2D eigenvalue weighted by atomic mass is 32.1. The van der Waals surface area contributed by atoms with Crippen molar-refractivity contribution >= 4 is 103 Å². The highest BCUT2D eigenvalue weighted by Gasteiger charge is 2.21. The third kappa shape index (κ3) is 26.1. The fraction of sp³-hybridized carbons (Fsp3) is 0.216. The number of benzene rings is 12. The predicted octanol–water partition coefficient (Wildman–Crippen LogP) is 32.9. The van der Waals surface area contributed by atoms with Crippen molar-refractivity contribution in [2.75, 3.05) is 36.2 Å². The summed E-state index contributed by atoms with van der Waals surface area (Å²) >= 11 is 3.33. The Labute approximate surface area is 787 Å². The van der Waals surface area contributed by atoms with Gasteiger partial charge < -0.3 is 47.8 Å². The van der Waals surface area contributed by atoms with Gasteiger partial charge in [-0.15, -0.1) is 22.7 Å². The summed E-state index contributed by atoms with van der Waals surface area (Å²) in [7, 11) is 0. The Kier molecular flexibility index (Phi) is 34.2. The molecule has 0 aliphatic carbocycles. The maximum absolute atomic E-state index is 11.4. The second kappa shape index (κ2) is 48.2. The number of fused-ring (bicyclic) bond motifs is 2. The van der Waals surface area contributed by atoms with Gasteiger partial charge in [0, 0.05) is 60.2 Å². The van der Waals surface area contributed by atoms with E-state index in [0.717, 1.165) is 213 Å². The van der Waals surface area contributed by atoms with Crippen LogP contribution in [-0.4, -0.2) is 54.9 Å². The molecule has 0 aliphatic heterocycles. The summed E-state index contributed by atoms with van der Waals surface area (Å²) in [6, 6.07) is 113. The summed E-state index contributed by atoms with van der Waals surface area (Å²) < 4.78 is 36.4. The molecule has 133 heavy (non-hydrogen) atoms. The average Bonchev–Trinajstić information content (AvgIpc) is 1.73. The molecule has 0 atom stereocenters. The average molecular weight is 1800 g/mol. The van der Waals surface area contributed by atoms with Gasteiger partial charge >= 0.3 is 11.9 Å². The molecule has 0 saturated carbocycles. The number of carbonyl (C=O) groups excluding carboxylic acids is 1. The number of rotatable bonds is 42. The largest absolute Gasteiger partial charge is 0.494 e. The lowest BCUT2D eigenvalue weighted by Crippen LogP contribution is -2.09. The molecule has 0 unspecified atom stereocenters. The monoisotopic (exact) mass is 1800 g/mol. The van der Waals surface area contributed by atoms with Gasteiger partial charge in [0.25, 0.3) is 0 Å². The lowest BCUT2D eigenvalue weighted by Gasteiger charge is -2.26. The standard InChI is InChI=1S/C58H54N2O5S.C55H53NO4S.C3H3NO2/c1-3-5-7-9-35-63-52-29-19-44(20-30-52)42-13-23-49(24-14-42)60(50-25-15-43(16-26-50)45-21-31-53(32-22-45)64-36-10-8-6-4-2)51-27-17-46(18-28-51)56-33-34-57(66-56)55-39-47-12-11-41(38-54(47)65-55)37-48(40-59)58(61)62;1-3-5-7-9-35-58-50-29-19-43(20-30-50)41-13-23-47(24-14-41)56(48-25-15-42(16-26-48)44-21-31-51(32-22-44)59-36-10-8-6-4-2)49-27-17-45(18-28-49)54-33-34-55(61-54)53-38-46-12-11-40(39-57)37-52(46)60-53;4-2-1-3(5)6/h11-34,37-39H,3-10,35-36H2,1-2H3,(H,61,62);11-34,37-39H,3-10,35-36H2,1-2H3;1H2,(H,5,6)/b48-37-;;. The van der Waals surface area contributed by atoms with Crippen LogP contribution in [-0.2, 0) is 9.59 Å². The van der Waals surface area contributed by atoms with Gasteiger partial charge in [-0.2, -0.15) is 10.5 Å². The predicted molar refractivity (Wildman–Crippen MR) is 544 cm³/mol. The number of aliphatic carboxylic acids is 2. The van der Waals surface area contributed by atoms with Crippen molar-refractivity contribution in [3.63, 3.8) is 0 Å². The number of hydrogen-bond donors (Lipinski definition) is 2. The Morgan fingerprint density at radius 3 is 0.857 bits per heavy atom. The van der Waals surface area contributed by atoms with Crippen LogP contribution >= 0.6 is 22.7 Å². The van der Waals surface area contributed by atoms with Crippen molar-refractivity contribution in [3.05, 3.63) is 332 Å². The molecule has 4 aromatic heterocycles. The minimum Gasteiger partial charge on any atom is -0.494 e. The van der Waals surface area contributed by atoms with E-state index in [1.807, 2.05) is 30.3 Å². The van der Waals surface area contributed by atoms with Crippen molar-refractivity contribution in [2.45, 2.75) is 137 Å². The molecule has 672 valence electrons. The first-order valence-electron chi connectivity index (χ1n) is 46.1.